The molecule has 0 aliphatic carbocycles. The summed E-state index contributed by atoms with van der Waals surface area (Å²) in [5.74, 6) is 0. The van der Waals surface area contributed by atoms with Gasteiger partial charge in [-0.1, -0.05) is 60.7 Å². The van der Waals surface area contributed by atoms with Crippen LogP contribution >= 0.6 is 0 Å². The molecule has 2 nitrogen and oxygen atoms in total. The number of para-hydroxylation sites is 1. The zero-order valence-corrected chi connectivity index (χ0v) is 17.2. The van der Waals surface area contributed by atoms with Crippen LogP contribution in [0.15, 0.2) is 97.1 Å². The molecule has 0 aliphatic rings. The predicted octanol–water partition coefficient (Wildman–Crippen LogP) is 7.79. The van der Waals surface area contributed by atoms with E-state index < -0.39 is 0 Å². The number of benzene rings is 5. The lowest BCUT2D eigenvalue weighted by Gasteiger charge is -2.04. The Labute approximate surface area is 179 Å². The normalized spacial score (nSPS) is 12.0. The summed E-state index contributed by atoms with van der Waals surface area (Å²) < 4.78 is 2.31. The third kappa shape index (κ3) is 2.33. The molecule has 0 saturated heterocycles. The fourth-order valence-corrected chi connectivity index (χ4v) is 5.11. The number of aromatic nitrogens is 2. The molecule has 146 valence electrons. The number of nitrogens with zero attached hydrogens (tertiary/aromatic N) is 1. The fraction of sp³-hybridized carbons (Fsp3) is 0.0345. The second kappa shape index (κ2) is 5.99. The Morgan fingerprint density at radius 3 is 2.10 bits per heavy atom. The average Bonchev–Trinajstić information content (AvgIpc) is 3.32. The van der Waals surface area contributed by atoms with E-state index in [-0.39, 0.29) is 0 Å². The Bertz CT molecular complexity index is 1800. The van der Waals surface area contributed by atoms with Gasteiger partial charge in [-0.25, -0.2) is 0 Å². The van der Waals surface area contributed by atoms with E-state index in [9.17, 15) is 0 Å². The van der Waals surface area contributed by atoms with Crippen molar-refractivity contribution in [1.29, 1.82) is 0 Å². The molecule has 2 heterocycles. The SMILES string of the molecule is Cn1c2ccc(-c3ccc4c(c3)[nH]c3ccccc34)cc2c2cc3ccccc3cc21. The number of hydrogen-bond acceptors (Lipinski definition) is 0. The Kier molecular flexibility index (Phi) is 3.23. The summed E-state index contributed by atoms with van der Waals surface area (Å²) in [6, 6.07) is 35.3. The molecule has 1 N–H and O–H groups in total. The molecule has 0 spiro atoms. The monoisotopic (exact) mass is 396 g/mol. The van der Waals surface area contributed by atoms with Gasteiger partial charge in [0.05, 0.1) is 0 Å². The Morgan fingerprint density at radius 2 is 1.19 bits per heavy atom. The molecule has 7 rings (SSSR count). The van der Waals surface area contributed by atoms with Gasteiger partial charge in [-0.05, 0) is 58.3 Å². The minimum absolute atomic E-state index is 1.18. The first-order valence-corrected chi connectivity index (χ1v) is 10.7. The van der Waals surface area contributed by atoms with Crippen LogP contribution in [-0.4, -0.2) is 9.55 Å². The summed E-state index contributed by atoms with van der Waals surface area (Å²) in [4.78, 5) is 3.58. The maximum absolute atomic E-state index is 3.58. The van der Waals surface area contributed by atoms with E-state index in [4.69, 9.17) is 0 Å². The van der Waals surface area contributed by atoms with Gasteiger partial charge in [0.2, 0.25) is 0 Å². The molecule has 0 saturated carbocycles. The minimum Gasteiger partial charge on any atom is -0.354 e. The first-order chi connectivity index (χ1) is 15.3. The molecule has 0 atom stereocenters. The number of aryl methyl sites for hydroxylation is 1. The van der Waals surface area contributed by atoms with Crippen LogP contribution in [0, 0.1) is 0 Å². The van der Waals surface area contributed by atoms with Gasteiger partial charge in [0.1, 0.15) is 0 Å². The van der Waals surface area contributed by atoms with Gasteiger partial charge in [0, 0.05) is 50.7 Å². The van der Waals surface area contributed by atoms with Crippen molar-refractivity contribution in [3.05, 3.63) is 97.1 Å². The van der Waals surface area contributed by atoms with E-state index in [1.54, 1.807) is 0 Å². The maximum Gasteiger partial charge on any atom is 0.0495 e. The molecular weight excluding hydrogens is 376 g/mol. The van der Waals surface area contributed by atoms with Gasteiger partial charge in [-0.2, -0.15) is 0 Å². The Morgan fingerprint density at radius 1 is 0.516 bits per heavy atom. The van der Waals surface area contributed by atoms with E-state index in [2.05, 4.69) is 114 Å². The number of H-pyrrole nitrogens is 1. The summed E-state index contributed by atoms with van der Waals surface area (Å²) in [6.45, 7) is 0. The number of fused-ring (bicyclic) bond motifs is 7. The van der Waals surface area contributed by atoms with E-state index in [0.717, 1.165) is 0 Å². The molecule has 0 aliphatic heterocycles. The van der Waals surface area contributed by atoms with Crippen LogP contribution in [-0.2, 0) is 7.05 Å². The lowest BCUT2D eigenvalue weighted by atomic mass is 10.0. The van der Waals surface area contributed by atoms with Gasteiger partial charge in [0.25, 0.3) is 0 Å². The molecular formula is C29H20N2. The van der Waals surface area contributed by atoms with Crippen molar-refractivity contribution in [2.45, 2.75) is 0 Å². The highest BCUT2D eigenvalue weighted by Gasteiger charge is 2.12. The molecule has 0 amide bonds. The minimum atomic E-state index is 1.18. The molecule has 0 unspecified atom stereocenters. The van der Waals surface area contributed by atoms with Crippen LogP contribution in [0.25, 0.3) is 65.5 Å². The molecule has 31 heavy (non-hydrogen) atoms. The summed E-state index contributed by atoms with van der Waals surface area (Å²) in [5.41, 5.74) is 7.39. The van der Waals surface area contributed by atoms with Gasteiger partial charge >= 0.3 is 0 Å². The molecule has 5 aromatic carbocycles. The van der Waals surface area contributed by atoms with Crippen LogP contribution in [0.1, 0.15) is 0 Å². The highest BCUT2D eigenvalue weighted by molar-refractivity contribution is 6.14. The van der Waals surface area contributed by atoms with Crippen LogP contribution in [0.4, 0.5) is 0 Å². The molecule has 0 bridgehead atoms. The zero-order valence-electron chi connectivity index (χ0n) is 17.2. The summed E-state index contributed by atoms with van der Waals surface area (Å²) in [5, 5.41) is 7.73. The standard InChI is InChI=1S/C29H20N2/c1-31-28-13-11-20(15-24(28)25-14-18-6-2-3-7-19(18)17-29(25)31)21-10-12-23-22-8-4-5-9-26(22)30-27(23)16-21/h2-17,30H,1H3. The van der Waals surface area contributed by atoms with Crippen LogP contribution in [0.5, 0.6) is 0 Å². The number of rotatable bonds is 1. The van der Waals surface area contributed by atoms with Crippen molar-refractivity contribution in [2.75, 3.05) is 0 Å². The van der Waals surface area contributed by atoms with E-state index in [0.29, 0.717) is 0 Å². The highest BCUT2D eigenvalue weighted by Crippen LogP contribution is 2.35. The third-order valence-corrected chi connectivity index (χ3v) is 6.71. The molecule has 0 radical (unpaired) electrons. The number of hydrogen-bond donors (Lipinski definition) is 1. The first-order valence-electron chi connectivity index (χ1n) is 10.7. The van der Waals surface area contributed by atoms with Crippen molar-refractivity contribution < 1.29 is 0 Å². The molecule has 2 heteroatoms. The Balaban J connectivity index is 1.48. The van der Waals surface area contributed by atoms with Crippen molar-refractivity contribution in [2.24, 2.45) is 7.05 Å². The van der Waals surface area contributed by atoms with Gasteiger partial charge in [0.15, 0.2) is 0 Å². The summed E-state index contributed by atoms with van der Waals surface area (Å²) >= 11 is 0. The van der Waals surface area contributed by atoms with Crippen LogP contribution < -0.4 is 0 Å². The average molecular weight is 396 g/mol. The second-order valence-electron chi connectivity index (χ2n) is 8.44. The third-order valence-electron chi connectivity index (χ3n) is 6.71. The second-order valence-corrected chi connectivity index (χ2v) is 8.44. The first kappa shape index (κ1) is 16.7. The Hall–Kier alpha value is -4.04. The van der Waals surface area contributed by atoms with Crippen molar-refractivity contribution in [3.63, 3.8) is 0 Å². The number of nitrogens with one attached hydrogen (secondary N) is 1. The molecule has 2 aromatic heterocycles. The van der Waals surface area contributed by atoms with Crippen molar-refractivity contribution >= 4 is 54.4 Å². The van der Waals surface area contributed by atoms with E-state index in [1.807, 2.05) is 0 Å². The fourth-order valence-electron chi connectivity index (χ4n) is 5.11. The van der Waals surface area contributed by atoms with Crippen LogP contribution in [0.2, 0.25) is 0 Å². The maximum atomic E-state index is 3.58. The summed E-state index contributed by atoms with van der Waals surface area (Å²) in [7, 11) is 2.16. The largest absolute Gasteiger partial charge is 0.354 e. The van der Waals surface area contributed by atoms with E-state index >= 15 is 0 Å². The smallest absolute Gasteiger partial charge is 0.0495 e. The predicted molar refractivity (Wildman–Crippen MR) is 133 cm³/mol. The molecule has 7 aromatic rings. The molecule has 0 fully saturated rings. The van der Waals surface area contributed by atoms with Gasteiger partial charge in [-0.3, -0.25) is 0 Å². The van der Waals surface area contributed by atoms with Gasteiger partial charge < -0.3 is 9.55 Å². The lowest BCUT2D eigenvalue weighted by Crippen LogP contribution is -1.86. The van der Waals surface area contributed by atoms with Crippen molar-refractivity contribution in [3.8, 4) is 11.1 Å². The van der Waals surface area contributed by atoms with E-state index in [1.165, 1.54) is 65.5 Å². The zero-order chi connectivity index (χ0) is 20.5. The summed E-state index contributed by atoms with van der Waals surface area (Å²) in [6.07, 6.45) is 0. The quantitative estimate of drug-likeness (QED) is 0.292. The number of aromatic amines is 1. The highest BCUT2D eigenvalue weighted by atomic mass is 14.9. The van der Waals surface area contributed by atoms with Crippen LogP contribution in [0.3, 0.4) is 0 Å². The van der Waals surface area contributed by atoms with Crippen molar-refractivity contribution in [1.82, 2.24) is 9.55 Å². The lowest BCUT2D eigenvalue weighted by molar-refractivity contribution is 1.02. The topological polar surface area (TPSA) is 20.7 Å². The van der Waals surface area contributed by atoms with Gasteiger partial charge in [-0.15, -0.1) is 0 Å².